The van der Waals surface area contributed by atoms with Gasteiger partial charge in [0.1, 0.15) is 0 Å². The molecule has 0 heterocycles. The zero-order valence-corrected chi connectivity index (χ0v) is 10.0. The van der Waals surface area contributed by atoms with Crippen LogP contribution in [-0.2, 0) is 11.3 Å². The molecule has 0 radical (unpaired) electrons. The highest BCUT2D eigenvalue weighted by Gasteiger charge is 2.25. The Kier molecular flexibility index (Phi) is 3.59. The first-order chi connectivity index (χ1) is 8.16. The molecule has 90 valence electrons. The Morgan fingerprint density at radius 1 is 1.35 bits per heavy atom. The minimum atomic E-state index is -0.0429. The molecule has 1 aliphatic carbocycles. The van der Waals surface area contributed by atoms with Crippen molar-refractivity contribution >= 4 is 5.91 Å². The van der Waals surface area contributed by atoms with Crippen LogP contribution in [0.1, 0.15) is 12.0 Å². The molecule has 17 heavy (non-hydrogen) atoms. The third kappa shape index (κ3) is 2.94. The minimum Gasteiger partial charge on any atom is -0.341 e. The number of carbonyl (C=O) groups excluding carboxylic acids is 1. The number of benzene rings is 1. The van der Waals surface area contributed by atoms with Crippen molar-refractivity contribution < 1.29 is 4.79 Å². The lowest BCUT2D eigenvalue weighted by atomic mass is 10.1. The van der Waals surface area contributed by atoms with E-state index in [9.17, 15) is 4.79 Å². The standard InChI is InChI=1S/C14H18N2O/c1-16(10-11-5-3-2-4-6-11)14(17)12-7-8-13(15)9-12/h2-8,12-13H,9-10,15H2,1H3. The van der Waals surface area contributed by atoms with Gasteiger partial charge in [0.2, 0.25) is 5.91 Å². The molecule has 0 saturated heterocycles. The van der Waals surface area contributed by atoms with Crippen molar-refractivity contribution in [2.75, 3.05) is 7.05 Å². The second-order valence-electron chi connectivity index (χ2n) is 4.57. The summed E-state index contributed by atoms with van der Waals surface area (Å²) in [7, 11) is 1.84. The fraction of sp³-hybridized carbons (Fsp3) is 0.357. The molecule has 2 unspecified atom stereocenters. The summed E-state index contributed by atoms with van der Waals surface area (Å²) >= 11 is 0. The van der Waals surface area contributed by atoms with Crippen molar-refractivity contribution in [1.29, 1.82) is 0 Å². The molecule has 3 heteroatoms. The van der Waals surface area contributed by atoms with E-state index in [1.807, 2.05) is 49.5 Å². The first-order valence-corrected chi connectivity index (χ1v) is 5.89. The number of nitrogens with zero attached hydrogens (tertiary/aromatic N) is 1. The molecule has 0 aromatic heterocycles. The predicted octanol–water partition coefficient (Wildman–Crippen LogP) is 1.55. The molecule has 2 atom stereocenters. The molecule has 0 fully saturated rings. The van der Waals surface area contributed by atoms with E-state index in [1.54, 1.807) is 4.90 Å². The molecule has 1 aliphatic rings. The molecule has 1 aromatic rings. The molecule has 0 saturated carbocycles. The summed E-state index contributed by atoms with van der Waals surface area (Å²) in [5.41, 5.74) is 6.91. The predicted molar refractivity (Wildman–Crippen MR) is 68.1 cm³/mol. The Hall–Kier alpha value is -1.61. The van der Waals surface area contributed by atoms with Gasteiger partial charge in [0.05, 0.1) is 5.92 Å². The number of rotatable bonds is 3. The van der Waals surface area contributed by atoms with Gasteiger partial charge in [0.25, 0.3) is 0 Å². The smallest absolute Gasteiger partial charge is 0.229 e. The van der Waals surface area contributed by atoms with Crippen LogP contribution in [0.25, 0.3) is 0 Å². The van der Waals surface area contributed by atoms with E-state index in [2.05, 4.69) is 0 Å². The van der Waals surface area contributed by atoms with E-state index in [1.165, 1.54) is 0 Å². The molecule has 1 aromatic carbocycles. The molecule has 3 nitrogen and oxygen atoms in total. The molecule has 0 spiro atoms. The van der Waals surface area contributed by atoms with Crippen LogP contribution in [0.15, 0.2) is 42.5 Å². The highest BCUT2D eigenvalue weighted by molar-refractivity contribution is 5.81. The summed E-state index contributed by atoms with van der Waals surface area (Å²) in [6, 6.07) is 10.0. The Labute approximate surface area is 102 Å². The Morgan fingerprint density at radius 2 is 2.06 bits per heavy atom. The van der Waals surface area contributed by atoms with Crippen LogP contribution >= 0.6 is 0 Å². The van der Waals surface area contributed by atoms with Gasteiger partial charge in [-0.25, -0.2) is 0 Å². The summed E-state index contributed by atoms with van der Waals surface area (Å²) in [5, 5.41) is 0. The lowest BCUT2D eigenvalue weighted by Crippen LogP contribution is -2.32. The summed E-state index contributed by atoms with van der Waals surface area (Å²) in [4.78, 5) is 13.9. The van der Waals surface area contributed by atoms with Crippen molar-refractivity contribution in [3.63, 3.8) is 0 Å². The Morgan fingerprint density at radius 3 is 2.65 bits per heavy atom. The second-order valence-corrected chi connectivity index (χ2v) is 4.57. The van der Waals surface area contributed by atoms with Gasteiger partial charge in [0.15, 0.2) is 0 Å². The van der Waals surface area contributed by atoms with Gasteiger partial charge >= 0.3 is 0 Å². The fourth-order valence-electron chi connectivity index (χ4n) is 2.13. The zero-order valence-electron chi connectivity index (χ0n) is 10.0. The van der Waals surface area contributed by atoms with Gasteiger partial charge in [-0.2, -0.15) is 0 Å². The molecular formula is C14H18N2O. The van der Waals surface area contributed by atoms with E-state index in [-0.39, 0.29) is 17.9 Å². The average Bonchev–Trinajstić information content (AvgIpc) is 2.76. The Balaban J connectivity index is 1.94. The number of carbonyl (C=O) groups is 1. The molecule has 2 N–H and O–H groups in total. The van der Waals surface area contributed by atoms with Crippen LogP contribution in [0.4, 0.5) is 0 Å². The third-order valence-corrected chi connectivity index (χ3v) is 3.07. The van der Waals surface area contributed by atoms with Crippen LogP contribution in [0.2, 0.25) is 0 Å². The van der Waals surface area contributed by atoms with Gasteiger partial charge in [-0.15, -0.1) is 0 Å². The van der Waals surface area contributed by atoms with E-state index < -0.39 is 0 Å². The van der Waals surface area contributed by atoms with Crippen molar-refractivity contribution in [3.05, 3.63) is 48.0 Å². The first kappa shape index (κ1) is 11.9. The zero-order chi connectivity index (χ0) is 12.3. The van der Waals surface area contributed by atoms with Crippen LogP contribution in [0.5, 0.6) is 0 Å². The second kappa shape index (κ2) is 5.15. The highest BCUT2D eigenvalue weighted by Crippen LogP contribution is 2.19. The van der Waals surface area contributed by atoms with Crippen molar-refractivity contribution in [1.82, 2.24) is 4.90 Å². The molecule has 1 amide bonds. The summed E-state index contributed by atoms with van der Waals surface area (Å²) in [5.74, 6) is 0.108. The van der Waals surface area contributed by atoms with Crippen molar-refractivity contribution in [3.8, 4) is 0 Å². The highest BCUT2D eigenvalue weighted by atomic mass is 16.2. The number of hydrogen-bond acceptors (Lipinski definition) is 2. The Bertz CT molecular complexity index is 413. The van der Waals surface area contributed by atoms with Crippen molar-refractivity contribution in [2.45, 2.75) is 19.0 Å². The quantitative estimate of drug-likeness (QED) is 0.801. The van der Waals surface area contributed by atoms with E-state index in [4.69, 9.17) is 5.73 Å². The SMILES string of the molecule is CN(Cc1ccccc1)C(=O)C1C=CC(N)C1. The maximum Gasteiger partial charge on any atom is 0.229 e. The van der Waals surface area contributed by atoms with Gasteiger partial charge in [-0.3, -0.25) is 4.79 Å². The van der Waals surface area contributed by atoms with Crippen LogP contribution < -0.4 is 5.73 Å². The molecular weight excluding hydrogens is 212 g/mol. The van der Waals surface area contributed by atoms with Gasteiger partial charge < -0.3 is 10.6 Å². The minimum absolute atomic E-state index is 0.0362. The summed E-state index contributed by atoms with van der Waals surface area (Å²) < 4.78 is 0. The molecule has 0 bridgehead atoms. The van der Waals surface area contributed by atoms with Gasteiger partial charge in [-0.1, -0.05) is 42.5 Å². The number of hydrogen-bond donors (Lipinski definition) is 1. The van der Waals surface area contributed by atoms with Gasteiger partial charge in [-0.05, 0) is 12.0 Å². The van der Waals surface area contributed by atoms with Crippen LogP contribution in [0.3, 0.4) is 0 Å². The summed E-state index contributed by atoms with van der Waals surface area (Å²) in [6.07, 6.45) is 4.57. The largest absolute Gasteiger partial charge is 0.341 e. The topological polar surface area (TPSA) is 46.3 Å². The summed E-state index contributed by atoms with van der Waals surface area (Å²) in [6.45, 7) is 0.652. The number of nitrogens with two attached hydrogens (primary N) is 1. The number of amides is 1. The normalized spacial score (nSPS) is 22.7. The molecule has 0 aliphatic heterocycles. The molecule has 2 rings (SSSR count). The monoisotopic (exact) mass is 230 g/mol. The van der Waals surface area contributed by atoms with E-state index in [0.29, 0.717) is 6.54 Å². The van der Waals surface area contributed by atoms with Crippen LogP contribution in [-0.4, -0.2) is 23.9 Å². The fourth-order valence-corrected chi connectivity index (χ4v) is 2.13. The van der Waals surface area contributed by atoms with Crippen LogP contribution in [0, 0.1) is 5.92 Å². The van der Waals surface area contributed by atoms with E-state index >= 15 is 0 Å². The van der Waals surface area contributed by atoms with E-state index in [0.717, 1.165) is 12.0 Å². The van der Waals surface area contributed by atoms with Gasteiger partial charge in [0, 0.05) is 19.6 Å². The maximum atomic E-state index is 12.1. The lowest BCUT2D eigenvalue weighted by molar-refractivity contribution is -0.133. The first-order valence-electron chi connectivity index (χ1n) is 5.89. The average molecular weight is 230 g/mol. The lowest BCUT2D eigenvalue weighted by Gasteiger charge is -2.20. The van der Waals surface area contributed by atoms with Crippen molar-refractivity contribution in [2.24, 2.45) is 11.7 Å². The third-order valence-electron chi connectivity index (χ3n) is 3.07. The maximum absolute atomic E-state index is 12.1.